The molecule has 0 aliphatic rings. The zero-order valence-corrected chi connectivity index (χ0v) is 15.1. The summed E-state index contributed by atoms with van der Waals surface area (Å²) in [7, 11) is 0. The molecule has 0 unspecified atom stereocenters. The molecule has 102 valence electrons. The average molecular weight is 308 g/mol. The van der Waals surface area contributed by atoms with Crippen LogP contribution in [0.25, 0.3) is 11.2 Å². The van der Waals surface area contributed by atoms with Crippen molar-refractivity contribution < 1.29 is 51.4 Å². The van der Waals surface area contributed by atoms with E-state index in [-0.39, 0.29) is 51.4 Å². The van der Waals surface area contributed by atoms with Crippen molar-refractivity contribution >= 4 is 11.2 Å². The van der Waals surface area contributed by atoms with E-state index >= 15 is 0 Å². The van der Waals surface area contributed by atoms with E-state index < -0.39 is 11.2 Å². The standard InChI is InChI=1S/C14H14N4O2.K/c1-2-17-9-15-12-11(17)13(19)16-14(20)18(12)8-10-6-4-3-5-7-10;/h3-7,9H,2,8H2,1H3,(H,16,19,20);/q;+1/p-1. The Labute approximate surface area is 163 Å². The van der Waals surface area contributed by atoms with Gasteiger partial charge >= 0.3 is 51.4 Å². The van der Waals surface area contributed by atoms with Gasteiger partial charge in [-0.2, -0.15) is 0 Å². The third kappa shape index (κ3) is 3.12. The van der Waals surface area contributed by atoms with Gasteiger partial charge in [0.1, 0.15) is 5.52 Å². The van der Waals surface area contributed by atoms with Crippen molar-refractivity contribution in [3.8, 4) is 0 Å². The Bertz CT molecular complexity index is 864. The average Bonchev–Trinajstić information content (AvgIpc) is 2.89. The zero-order valence-electron chi connectivity index (χ0n) is 12.0. The van der Waals surface area contributed by atoms with Crippen molar-refractivity contribution in [3.05, 3.63) is 63.1 Å². The summed E-state index contributed by atoms with van der Waals surface area (Å²) in [4.78, 5) is 31.6. The molecule has 7 heteroatoms. The number of hydrogen-bond acceptors (Lipinski definition) is 3. The monoisotopic (exact) mass is 308 g/mol. The first-order valence-corrected chi connectivity index (χ1v) is 6.37. The predicted octanol–water partition coefficient (Wildman–Crippen LogP) is -2.41. The van der Waals surface area contributed by atoms with Gasteiger partial charge in [0.2, 0.25) is 0 Å². The van der Waals surface area contributed by atoms with Gasteiger partial charge < -0.3 is 14.1 Å². The quantitative estimate of drug-likeness (QED) is 0.505. The van der Waals surface area contributed by atoms with Crippen molar-refractivity contribution in [2.45, 2.75) is 20.0 Å². The Morgan fingerprint density at radius 2 is 1.90 bits per heavy atom. The predicted molar refractivity (Wildman–Crippen MR) is 74.8 cm³/mol. The van der Waals surface area contributed by atoms with E-state index in [1.54, 1.807) is 10.9 Å². The van der Waals surface area contributed by atoms with E-state index in [2.05, 4.69) is 9.97 Å². The topological polar surface area (TPSA) is 71.0 Å². The first-order valence-electron chi connectivity index (χ1n) is 6.37. The molecule has 0 fully saturated rings. The molecule has 0 aliphatic heterocycles. The van der Waals surface area contributed by atoms with E-state index in [0.717, 1.165) is 5.56 Å². The van der Waals surface area contributed by atoms with Gasteiger partial charge in [0.15, 0.2) is 11.2 Å². The Morgan fingerprint density at radius 1 is 1.19 bits per heavy atom. The van der Waals surface area contributed by atoms with Gasteiger partial charge in [0.05, 0.1) is 12.0 Å². The van der Waals surface area contributed by atoms with Crippen LogP contribution in [-0.2, 0) is 13.1 Å². The van der Waals surface area contributed by atoms with Gasteiger partial charge in [0, 0.05) is 6.54 Å². The summed E-state index contributed by atoms with van der Waals surface area (Å²) in [6.45, 7) is 2.87. The van der Waals surface area contributed by atoms with Crippen LogP contribution in [0.2, 0.25) is 0 Å². The normalized spacial score (nSPS) is 10.5. The van der Waals surface area contributed by atoms with Crippen molar-refractivity contribution in [2.24, 2.45) is 0 Å². The molecule has 6 nitrogen and oxygen atoms in total. The van der Waals surface area contributed by atoms with Crippen LogP contribution in [0, 0.1) is 0 Å². The molecule has 0 atom stereocenters. The van der Waals surface area contributed by atoms with E-state index in [9.17, 15) is 9.59 Å². The van der Waals surface area contributed by atoms with Crippen LogP contribution in [0.4, 0.5) is 0 Å². The van der Waals surface area contributed by atoms with Gasteiger partial charge in [0.25, 0.3) is 0 Å². The zero-order chi connectivity index (χ0) is 14.1. The largest absolute Gasteiger partial charge is 1.00 e. The molecule has 0 saturated carbocycles. The fraction of sp³-hybridized carbons (Fsp3) is 0.214. The second-order valence-corrected chi connectivity index (χ2v) is 4.47. The minimum atomic E-state index is -0.562. The third-order valence-electron chi connectivity index (χ3n) is 3.23. The number of aromatic nitrogens is 4. The second kappa shape index (κ2) is 6.84. The number of nitrogens with zero attached hydrogens (tertiary/aromatic N) is 4. The molecule has 0 amide bonds. The van der Waals surface area contributed by atoms with E-state index in [1.807, 2.05) is 37.3 Å². The minimum Gasteiger partial charge on any atom is -0.389 e. The number of fused-ring (bicyclic) bond motifs is 1. The van der Waals surface area contributed by atoms with Crippen LogP contribution in [-0.4, -0.2) is 14.1 Å². The third-order valence-corrected chi connectivity index (χ3v) is 3.23. The SMILES string of the molecule is CCn1cnc2c1c(=O)[n-]c(=O)n2Cc1ccccc1.[K+]. The Kier molecular flexibility index (Phi) is 5.34. The fourth-order valence-electron chi connectivity index (χ4n) is 2.23. The van der Waals surface area contributed by atoms with E-state index in [1.165, 1.54) is 4.57 Å². The molecule has 0 bridgehead atoms. The molecule has 0 aliphatic carbocycles. The van der Waals surface area contributed by atoms with Gasteiger partial charge in [-0.25, -0.2) is 4.98 Å². The summed E-state index contributed by atoms with van der Waals surface area (Å²) < 4.78 is 3.13. The maximum Gasteiger partial charge on any atom is 1.00 e. The molecular weight excluding hydrogens is 295 g/mol. The number of hydrogen-bond donors (Lipinski definition) is 0. The second-order valence-electron chi connectivity index (χ2n) is 4.47. The van der Waals surface area contributed by atoms with Crippen LogP contribution in [0.15, 0.2) is 46.2 Å². The number of rotatable bonds is 3. The maximum absolute atomic E-state index is 12.0. The molecular formula is C14H13KN4O2. The Hall–Kier alpha value is -0.994. The van der Waals surface area contributed by atoms with Gasteiger partial charge in [-0.3, -0.25) is 9.59 Å². The molecule has 0 N–H and O–H groups in total. The van der Waals surface area contributed by atoms with Gasteiger partial charge in [-0.1, -0.05) is 30.3 Å². The molecule has 21 heavy (non-hydrogen) atoms. The first-order chi connectivity index (χ1) is 9.70. The van der Waals surface area contributed by atoms with Crippen LogP contribution in [0.5, 0.6) is 0 Å². The summed E-state index contributed by atoms with van der Waals surface area (Å²) in [5.41, 5.74) is 0.646. The van der Waals surface area contributed by atoms with Gasteiger partial charge in [-0.15, -0.1) is 0 Å². The summed E-state index contributed by atoms with van der Waals surface area (Å²) in [6.07, 6.45) is 1.56. The molecule has 0 saturated heterocycles. The van der Waals surface area contributed by atoms with Crippen LogP contribution >= 0.6 is 0 Å². The van der Waals surface area contributed by atoms with Crippen molar-refractivity contribution in [1.82, 2.24) is 19.1 Å². The number of benzene rings is 1. The van der Waals surface area contributed by atoms with Crippen LogP contribution in [0.3, 0.4) is 0 Å². The summed E-state index contributed by atoms with van der Waals surface area (Å²) in [6, 6.07) is 9.54. The van der Waals surface area contributed by atoms with Gasteiger partial charge in [-0.05, 0) is 19.0 Å². The Morgan fingerprint density at radius 3 is 2.57 bits per heavy atom. The van der Waals surface area contributed by atoms with Crippen LogP contribution in [0.1, 0.15) is 12.5 Å². The summed E-state index contributed by atoms with van der Waals surface area (Å²) >= 11 is 0. The maximum atomic E-state index is 12.0. The smallest absolute Gasteiger partial charge is 0.389 e. The molecule has 2 heterocycles. The molecule has 1 aromatic carbocycles. The molecule has 3 rings (SSSR count). The van der Waals surface area contributed by atoms with E-state index in [4.69, 9.17) is 0 Å². The minimum absolute atomic E-state index is 0. The molecule has 0 radical (unpaired) electrons. The van der Waals surface area contributed by atoms with Crippen molar-refractivity contribution in [3.63, 3.8) is 0 Å². The van der Waals surface area contributed by atoms with Crippen molar-refractivity contribution in [1.29, 1.82) is 0 Å². The van der Waals surface area contributed by atoms with Crippen molar-refractivity contribution in [2.75, 3.05) is 0 Å². The fourth-order valence-corrected chi connectivity index (χ4v) is 2.23. The molecule has 2 aromatic heterocycles. The van der Waals surface area contributed by atoms with Crippen LogP contribution < -0.4 is 67.6 Å². The van der Waals surface area contributed by atoms with E-state index in [0.29, 0.717) is 24.3 Å². The number of aryl methyl sites for hydroxylation is 1. The first kappa shape index (κ1) is 16.4. The number of imidazole rings is 1. The molecule has 0 spiro atoms. The summed E-state index contributed by atoms with van der Waals surface area (Å²) in [5.74, 6) is 0. The molecule has 3 aromatic rings. The Balaban J connectivity index is 0.00000161. The summed E-state index contributed by atoms with van der Waals surface area (Å²) in [5, 5.41) is 0.